The quantitative estimate of drug-likeness (QED) is 0.735. The smallest absolute Gasteiger partial charge is 0.257 e. The van der Waals surface area contributed by atoms with Crippen LogP contribution in [0.2, 0.25) is 0 Å². The largest absolute Gasteiger partial charge is 0.298 e. The van der Waals surface area contributed by atoms with Gasteiger partial charge in [0.05, 0.1) is 10.6 Å². The van der Waals surface area contributed by atoms with E-state index in [0.29, 0.717) is 17.2 Å². The fourth-order valence-corrected chi connectivity index (χ4v) is 4.75. The molecule has 7 nitrogen and oxygen atoms in total. The first-order valence-corrected chi connectivity index (χ1v) is 11.4. The highest BCUT2D eigenvalue weighted by Crippen LogP contribution is 2.20. The van der Waals surface area contributed by atoms with Gasteiger partial charge in [-0.3, -0.25) is 15.0 Å². The van der Waals surface area contributed by atoms with Crippen molar-refractivity contribution in [2.75, 3.05) is 25.0 Å². The second-order valence-electron chi connectivity index (χ2n) is 6.46. The zero-order chi connectivity index (χ0) is 19.3. The maximum absolute atomic E-state index is 12.4. The summed E-state index contributed by atoms with van der Waals surface area (Å²) >= 11 is 1.40. The number of carbonyl (C=O) groups is 1. The van der Waals surface area contributed by atoms with Crippen LogP contribution in [0.4, 0.5) is 5.13 Å². The Morgan fingerprint density at radius 2 is 1.89 bits per heavy atom. The number of sulfonamides is 1. The number of amides is 1. The number of likely N-dealkylation sites (tertiary alicyclic amines) is 1. The molecular formula is C18H24N4O3S2. The van der Waals surface area contributed by atoms with Crippen molar-refractivity contribution in [2.24, 2.45) is 0 Å². The molecule has 0 aliphatic carbocycles. The molecule has 9 heteroatoms. The van der Waals surface area contributed by atoms with E-state index in [2.05, 4.69) is 19.9 Å². The van der Waals surface area contributed by atoms with Crippen LogP contribution in [-0.2, 0) is 16.6 Å². The Morgan fingerprint density at radius 3 is 2.56 bits per heavy atom. The van der Waals surface area contributed by atoms with Crippen molar-refractivity contribution in [3.8, 4) is 0 Å². The van der Waals surface area contributed by atoms with Crippen molar-refractivity contribution in [2.45, 2.75) is 37.6 Å². The molecule has 146 valence electrons. The van der Waals surface area contributed by atoms with E-state index in [9.17, 15) is 13.2 Å². The van der Waals surface area contributed by atoms with Crippen LogP contribution in [0.3, 0.4) is 0 Å². The molecule has 0 saturated carbocycles. The van der Waals surface area contributed by atoms with Crippen LogP contribution in [0.25, 0.3) is 0 Å². The fraction of sp³-hybridized carbons (Fsp3) is 0.444. The van der Waals surface area contributed by atoms with Gasteiger partial charge in [0.25, 0.3) is 5.91 Å². The number of thiazole rings is 1. The van der Waals surface area contributed by atoms with E-state index in [0.717, 1.165) is 25.3 Å². The fourth-order valence-electron chi connectivity index (χ4n) is 3.01. The first kappa shape index (κ1) is 19.9. The van der Waals surface area contributed by atoms with Crippen molar-refractivity contribution in [1.29, 1.82) is 0 Å². The predicted octanol–water partition coefficient (Wildman–Crippen LogP) is 2.68. The molecule has 1 aliphatic rings. The molecule has 2 aromatic rings. The highest BCUT2D eigenvalue weighted by molar-refractivity contribution is 7.89. The van der Waals surface area contributed by atoms with Crippen LogP contribution in [0.5, 0.6) is 0 Å². The number of piperidine rings is 1. The molecule has 1 fully saturated rings. The van der Waals surface area contributed by atoms with E-state index in [1.165, 1.54) is 54.9 Å². The molecule has 1 aromatic carbocycles. The lowest BCUT2D eigenvalue weighted by Crippen LogP contribution is -2.29. The molecule has 1 aliphatic heterocycles. The minimum absolute atomic E-state index is 0.138. The molecule has 3 rings (SSSR count). The molecule has 27 heavy (non-hydrogen) atoms. The molecule has 0 spiro atoms. The Labute approximate surface area is 163 Å². The van der Waals surface area contributed by atoms with Gasteiger partial charge < -0.3 is 0 Å². The van der Waals surface area contributed by atoms with E-state index < -0.39 is 10.0 Å². The number of aromatic nitrogens is 1. The average Bonchev–Trinajstić information content (AvgIpc) is 3.09. The van der Waals surface area contributed by atoms with Crippen LogP contribution < -0.4 is 10.0 Å². The number of nitrogens with one attached hydrogen (secondary N) is 2. The molecular weight excluding hydrogens is 384 g/mol. The maximum Gasteiger partial charge on any atom is 0.257 e. The van der Waals surface area contributed by atoms with Crippen molar-refractivity contribution >= 4 is 32.4 Å². The number of hydrogen-bond acceptors (Lipinski definition) is 6. The number of hydrogen-bond donors (Lipinski definition) is 2. The normalized spacial score (nSPS) is 15.6. The van der Waals surface area contributed by atoms with Gasteiger partial charge in [-0.25, -0.2) is 18.1 Å². The Morgan fingerprint density at radius 1 is 1.19 bits per heavy atom. The standard InChI is InChI=1S/C18H24N4O3S2/c1-2-19-27(24,25)16-8-6-14(7-9-16)17(23)21-18-20-15(13-26-18)12-22-10-4-3-5-11-22/h6-9,13,19H,2-5,10-12H2,1H3,(H,20,21,23). The monoisotopic (exact) mass is 408 g/mol. The first-order chi connectivity index (χ1) is 13.0. The summed E-state index contributed by atoms with van der Waals surface area (Å²) in [6.45, 7) is 5.04. The summed E-state index contributed by atoms with van der Waals surface area (Å²) in [6.07, 6.45) is 3.75. The Hall–Kier alpha value is -1.81. The second kappa shape index (κ2) is 8.92. The van der Waals surface area contributed by atoms with E-state index in [4.69, 9.17) is 0 Å². The topological polar surface area (TPSA) is 91.4 Å². The number of benzene rings is 1. The van der Waals surface area contributed by atoms with E-state index in [1.54, 1.807) is 6.92 Å². The molecule has 2 heterocycles. The van der Waals surface area contributed by atoms with Crippen molar-refractivity contribution in [3.63, 3.8) is 0 Å². The second-order valence-corrected chi connectivity index (χ2v) is 9.09. The number of rotatable bonds is 7. The molecule has 1 aromatic heterocycles. The van der Waals surface area contributed by atoms with E-state index in [1.807, 2.05) is 5.38 Å². The summed E-state index contributed by atoms with van der Waals surface area (Å²) in [5.41, 5.74) is 1.35. The van der Waals surface area contributed by atoms with Gasteiger partial charge in [0.1, 0.15) is 0 Å². The van der Waals surface area contributed by atoms with Gasteiger partial charge in [0.2, 0.25) is 10.0 Å². The van der Waals surface area contributed by atoms with E-state index in [-0.39, 0.29) is 10.8 Å². The van der Waals surface area contributed by atoms with Gasteiger partial charge in [-0.05, 0) is 50.2 Å². The van der Waals surface area contributed by atoms with E-state index >= 15 is 0 Å². The van der Waals surface area contributed by atoms with Crippen molar-refractivity contribution in [3.05, 3.63) is 40.9 Å². The zero-order valence-electron chi connectivity index (χ0n) is 15.3. The minimum atomic E-state index is -3.52. The SMILES string of the molecule is CCNS(=O)(=O)c1ccc(C(=O)Nc2nc(CN3CCCCC3)cs2)cc1. The maximum atomic E-state index is 12.4. The first-order valence-electron chi connectivity index (χ1n) is 9.06. The lowest BCUT2D eigenvalue weighted by Gasteiger charge is -2.25. The minimum Gasteiger partial charge on any atom is -0.298 e. The lowest BCUT2D eigenvalue weighted by molar-refractivity contribution is 0.102. The summed E-state index contributed by atoms with van der Waals surface area (Å²) in [5.74, 6) is -0.304. The average molecular weight is 409 g/mol. The van der Waals surface area contributed by atoms with Crippen LogP contribution in [0.1, 0.15) is 42.2 Å². The van der Waals surface area contributed by atoms with Crippen LogP contribution in [-0.4, -0.2) is 43.8 Å². The Bertz CT molecular complexity index is 872. The molecule has 1 saturated heterocycles. The Kier molecular flexibility index (Phi) is 6.59. The van der Waals surface area contributed by atoms with Crippen LogP contribution in [0, 0.1) is 0 Å². The van der Waals surface area contributed by atoms with Gasteiger partial charge in [-0.1, -0.05) is 13.3 Å². The van der Waals surface area contributed by atoms with Crippen molar-refractivity contribution < 1.29 is 13.2 Å². The predicted molar refractivity (Wildman–Crippen MR) is 106 cm³/mol. The van der Waals surface area contributed by atoms with Crippen LogP contribution >= 0.6 is 11.3 Å². The lowest BCUT2D eigenvalue weighted by atomic mass is 10.1. The third-order valence-corrected chi connectivity index (χ3v) is 6.74. The Balaban J connectivity index is 1.60. The number of carbonyl (C=O) groups excluding carboxylic acids is 1. The third-order valence-electron chi connectivity index (χ3n) is 4.37. The molecule has 1 amide bonds. The summed E-state index contributed by atoms with van der Waals surface area (Å²) in [4.78, 5) is 19.4. The molecule has 0 bridgehead atoms. The molecule has 0 radical (unpaired) electrons. The van der Waals surface area contributed by atoms with Gasteiger partial charge >= 0.3 is 0 Å². The molecule has 2 N–H and O–H groups in total. The summed E-state index contributed by atoms with van der Waals surface area (Å²) in [7, 11) is -3.52. The van der Waals surface area contributed by atoms with Gasteiger partial charge in [-0.2, -0.15) is 0 Å². The highest BCUT2D eigenvalue weighted by Gasteiger charge is 2.16. The van der Waals surface area contributed by atoms with Crippen molar-refractivity contribution in [1.82, 2.24) is 14.6 Å². The third kappa shape index (κ3) is 5.35. The number of anilines is 1. The summed E-state index contributed by atoms with van der Waals surface area (Å²) < 4.78 is 26.3. The highest BCUT2D eigenvalue weighted by atomic mass is 32.2. The van der Waals surface area contributed by atoms with Gasteiger partial charge in [0, 0.05) is 24.0 Å². The summed E-state index contributed by atoms with van der Waals surface area (Å²) in [5, 5.41) is 5.30. The molecule has 0 unspecified atom stereocenters. The van der Waals surface area contributed by atoms with Gasteiger partial charge in [0.15, 0.2) is 5.13 Å². The van der Waals surface area contributed by atoms with Gasteiger partial charge in [-0.15, -0.1) is 11.3 Å². The number of nitrogens with zero attached hydrogens (tertiary/aromatic N) is 2. The van der Waals surface area contributed by atoms with Crippen LogP contribution in [0.15, 0.2) is 34.5 Å². The summed E-state index contributed by atoms with van der Waals surface area (Å²) in [6, 6.07) is 5.86. The molecule has 0 atom stereocenters. The zero-order valence-corrected chi connectivity index (χ0v) is 16.9.